The monoisotopic (exact) mass is 690 g/mol. The zero-order chi connectivity index (χ0) is 36.6. The number of nitriles is 2. The lowest BCUT2D eigenvalue weighted by molar-refractivity contribution is 1.07. The SMILES string of the molecule is Cc1ccc2c(c1)c1ccccc1n2-c1c(-c2ccccc2C#N)cc(-c2nc(-c3ccccc3)nc(-c3ccccc3)n2)cc1-c1ccccc1C#N. The second-order valence-corrected chi connectivity index (χ2v) is 13.1. The third-order valence-corrected chi connectivity index (χ3v) is 9.79. The Balaban J connectivity index is 1.46. The fraction of sp³-hybridized carbons (Fsp3) is 0.0208. The van der Waals surface area contributed by atoms with Crippen LogP contribution in [0.3, 0.4) is 0 Å². The second-order valence-electron chi connectivity index (χ2n) is 13.1. The topological polar surface area (TPSA) is 91.2 Å². The number of fused-ring (bicyclic) bond motifs is 3. The number of nitrogens with zero attached hydrogens (tertiary/aromatic N) is 6. The first-order chi connectivity index (χ1) is 26.6. The average Bonchev–Trinajstić information content (AvgIpc) is 3.56. The minimum atomic E-state index is 0.471. The van der Waals surface area contributed by atoms with Crippen molar-refractivity contribution in [3.63, 3.8) is 0 Å². The maximum atomic E-state index is 10.5. The Hall–Kier alpha value is -7.67. The molecule has 0 aliphatic rings. The van der Waals surface area contributed by atoms with Gasteiger partial charge in [-0.25, -0.2) is 15.0 Å². The van der Waals surface area contributed by atoms with E-state index < -0.39 is 0 Å². The first kappa shape index (κ1) is 32.3. The van der Waals surface area contributed by atoms with E-state index in [-0.39, 0.29) is 0 Å². The van der Waals surface area contributed by atoms with Crippen molar-refractivity contribution in [3.05, 3.63) is 180 Å². The summed E-state index contributed by atoms with van der Waals surface area (Å²) in [6, 6.07) is 59.0. The normalized spacial score (nSPS) is 11.0. The summed E-state index contributed by atoms with van der Waals surface area (Å²) in [6.07, 6.45) is 0. The number of rotatable bonds is 6. The highest BCUT2D eigenvalue weighted by Crippen LogP contribution is 2.45. The van der Waals surface area contributed by atoms with Crippen LogP contribution in [-0.2, 0) is 0 Å². The molecule has 0 saturated heterocycles. The molecule has 0 bridgehead atoms. The summed E-state index contributed by atoms with van der Waals surface area (Å²) < 4.78 is 2.28. The van der Waals surface area contributed by atoms with Gasteiger partial charge in [-0.15, -0.1) is 0 Å². The molecule has 0 aliphatic heterocycles. The van der Waals surface area contributed by atoms with Crippen LogP contribution in [0.1, 0.15) is 16.7 Å². The van der Waals surface area contributed by atoms with E-state index in [1.807, 2.05) is 115 Å². The molecule has 6 heteroatoms. The fourth-order valence-corrected chi connectivity index (χ4v) is 7.31. The van der Waals surface area contributed by atoms with Gasteiger partial charge in [0.2, 0.25) is 0 Å². The minimum absolute atomic E-state index is 0.471. The molecular weight excluding hydrogens is 661 g/mol. The molecule has 54 heavy (non-hydrogen) atoms. The van der Waals surface area contributed by atoms with E-state index in [2.05, 4.69) is 72.2 Å². The molecule has 0 saturated carbocycles. The van der Waals surface area contributed by atoms with E-state index in [1.165, 1.54) is 0 Å². The molecule has 252 valence electrons. The van der Waals surface area contributed by atoms with Crippen LogP contribution in [0.4, 0.5) is 0 Å². The predicted octanol–water partition coefficient (Wildman–Crippen LogP) is 11.4. The van der Waals surface area contributed by atoms with E-state index in [0.717, 1.165) is 72.0 Å². The summed E-state index contributed by atoms with van der Waals surface area (Å²) >= 11 is 0. The van der Waals surface area contributed by atoms with E-state index in [9.17, 15) is 10.5 Å². The average molecular weight is 691 g/mol. The molecule has 9 aromatic rings. The lowest BCUT2D eigenvalue weighted by Gasteiger charge is -2.22. The van der Waals surface area contributed by atoms with Gasteiger partial charge >= 0.3 is 0 Å². The summed E-state index contributed by atoms with van der Waals surface area (Å²) in [5.74, 6) is 1.55. The molecule has 0 unspecified atom stereocenters. The van der Waals surface area contributed by atoms with E-state index in [0.29, 0.717) is 28.6 Å². The van der Waals surface area contributed by atoms with E-state index in [4.69, 9.17) is 15.0 Å². The lowest BCUT2D eigenvalue weighted by atomic mass is 9.89. The molecule has 0 aliphatic carbocycles. The number of aromatic nitrogens is 4. The Bertz CT molecular complexity index is 2830. The van der Waals surface area contributed by atoms with E-state index >= 15 is 0 Å². The second kappa shape index (κ2) is 13.5. The summed E-state index contributed by atoms with van der Waals surface area (Å²) in [5, 5.41) is 23.3. The molecule has 2 heterocycles. The number of hydrogen-bond acceptors (Lipinski definition) is 5. The molecule has 6 nitrogen and oxygen atoms in total. The first-order valence-electron chi connectivity index (χ1n) is 17.7. The third-order valence-electron chi connectivity index (χ3n) is 9.79. The van der Waals surface area contributed by atoms with Crippen molar-refractivity contribution in [3.8, 4) is 74.2 Å². The van der Waals surface area contributed by atoms with Gasteiger partial charge in [0, 0.05) is 49.7 Å². The number of benzene rings is 7. The Kier molecular flexibility index (Phi) is 8.04. The smallest absolute Gasteiger partial charge is 0.164 e. The summed E-state index contributed by atoms with van der Waals surface area (Å²) in [5.41, 5.74) is 10.6. The van der Waals surface area contributed by atoms with Crippen molar-refractivity contribution in [2.24, 2.45) is 0 Å². The number of para-hydroxylation sites is 1. The van der Waals surface area contributed by atoms with Gasteiger partial charge in [-0.1, -0.05) is 127 Å². The van der Waals surface area contributed by atoms with Crippen molar-refractivity contribution in [2.45, 2.75) is 6.92 Å². The van der Waals surface area contributed by atoms with Gasteiger partial charge in [0.25, 0.3) is 0 Å². The highest BCUT2D eigenvalue weighted by atomic mass is 15.0. The van der Waals surface area contributed by atoms with Crippen LogP contribution < -0.4 is 0 Å². The zero-order valence-corrected chi connectivity index (χ0v) is 29.3. The van der Waals surface area contributed by atoms with Crippen LogP contribution in [0, 0.1) is 29.6 Å². The summed E-state index contributed by atoms with van der Waals surface area (Å²) in [4.78, 5) is 15.1. The molecule has 7 aromatic carbocycles. The van der Waals surface area contributed by atoms with Crippen molar-refractivity contribution in [1.29, 1.82) is 10.5 Å². The third kappa shape index (κ3) is 5.56. The molecule has 0 radical (unpaired) electrons. The van der Waals surface area contributed by atoms with Crippen LogP contribution in [0.2, 0.25) is 0 Å². The molecule has 0 spiro atoms. The molecule has 2 aromatic heterocycles. The Morgan fingerprint density at radius 3 is 1.44 bits per heavy atom. The molecule has 0 fully saturated rings. The van der Waals surface area contributed by atoms with Gasteiger partial charge < -0.3 is 4.57 Å². The van der Waals surface area contributed by atoms with Crippen LogP contribution in [-0.4, -0.2) is 19.5 Å². The number of hydrogen-bond donors (Lipinski definition) is 0. The quantitative estimate of drug-likeness (QED) is 0.173. The first-order valence-corrected chi connectivity index (χ1v) is 17.7. The lowest BCUT2D eigenvalue weighted by Crippen LogP contribution is -2.05. The van der Waals surface area contributed by atoms with Crippen molar-refractivity contribution < 1.29 is 0 Å². The Morgan fingerprint density at radius 2 is 0.889 bits per heavy atom. The van der Waals surface area contributed by atoms with Gasteiger partial charge in [0.1, 0.15) is 0 Å². The van der Waals surface area contributed by atoms with E-state index in [1.54, 1.807) is 0 Å². The maximum Gasteiger partial charge on any atom is 0.164 e. The summed E-state index contributed by atoms with van der Waals surface area (Å²) in [6.45, 7) is 2.10. The molecule has 0 amide bonds. The highest BCUT2D eigenvalue weighted by molar-refractivity contribution is 6.11. The predicted molar refractivity (Wildman–Crippen MR) is 216 cm³/mol. The van der Waals surface area contributed by atoms with Gasteiger partial charge in [-0.2, -0.15) is 10.5 Å². The van der Waals surface area contributed by atoms with Crippen LogP contribution in [0.5, 0.6) is 0 Å². The largest absolute Gasteiger partial charge is 0.308 e. The number of aryl methyl sites for hydroxylation is 1. The van der Waals surface area contributed by atoms with Gasteiger partial charge in [0.05, 0.1) is 40.0 Å². The Morgan fingerprint density at radius 1 is 0.426 bits per heavy atom. The zero-order valence-electron chi connectivity index (χ0n) is 29.3. The highest BCUT2D eigenvalue weighted by Gasteiger charge is 2.25. The van der Waals surface area contributed by atoms with Crippen LogP contribution >= 0.6 is 0 Å². The van der Waals surface area contributed by atoms with Crippen LogP contribution in [0.25, 0.3) is 83.9 Å². The van der Waals surface area contributed by atoms with Gasteiger partial charge in [-0.3, -0.25) is 0 Å². The molecular formula is C48H30N6. The fourth-order valence-electron chi connectivity index (χ4n) is 7.31. The summed E-state index contributed by atoms with van der Waals surface area (Å²) in [7, 11) is 0. The maximum absolute atomic E-state index is 10.5. The minimum Gasteiger partial charge on any atom is -0.308 e. The molecule has 9 rings (SSSR count). The van der Waals surface area contributed by atoms with Crippen molar-refractivity contribution in [1.82, 2.24) is 19.5 Å². The standard InChI is InChI=1S/C48H30N6/c1-31-24-25-44-40(26-31)39-22-12-13-23-43(39)54(44)45-41(37-20-10-8-18-34(37)29-49)27-36(28-42(45)38-21-11-9-19-35(38)30-50)48-52-46(32-14-4-2-5-15-32)51-47(53-48)33-16-6-3-7-17-33/h2-28H,1H3. The van der Waals surface area contributed by atoms with Crippen molar-refractivity contribution >= 4 is 21.8 Å². The van der Waals surface area contributed by atoms with Gasteiger partial charge in [0.15, 0.2) is 17.5 Å². The van der Waals surface area contributed by atoms with Crippen LogP contribution in [0.15, 0.2) is 164 Å². The Labute approximate surface area is 312 Å². The molecule has 0 N–H and O–H groups in total. The van der Waals surface area contributed by atoms with Gasteiger partial charge in [-0.05, 0) is 49.4 Å². The molecule has 0 atom stereocenters. The van der Waals surface area contributed by atoms with Crippen molar-refractivity contribution in [2.75, 3.05) is 0 Å².